The summed E-state index contributed by atoms with van der Waals surface area (Å²) >= 11 is 0. The monoisotopic (exact) mass is 417 g/mol. The van der Waals surface area contributed by atoms with E-state index in [0.717, 1.165) is 32.1 Å². The van der Waals surface area contributed by atoms with Crippen molar-refractivity contribution >= 4 is 17.8 Å². The lowest BCUT2D eigenvalue weighted by molar-refractivity contribution is -0.133. The molecule has 7 heteroatoms. The largest absolute Gasteiger partial charge is 0.369 e. The van der Waals surface area contributed by atoms with Gasteiger partial charge in [-0.25, -0.2) is 4.99 Å². The summed E-state index contributed by atoms with van der Waals surface area (Å²) in [6.45, 7) is 0.697. The van der Waals surface area contributed by atoms with Crippen LogP contribution in [0.25, 0.3) is 0 Å². The van der Waals surface area contributed by atoms with E-state index >= 15 is 0 Å². The molecule has 0 bridgehead atoms. The molecular weight excluding hydrogens is 378 g/mol. The number of guanidine groups is 1. The Morgan fingerprint density at radius 3 is 2.33 bits per heavy atom. The zero-order valence-corrected chi connectivity index (χ0v) is 18.5. The Morgan fingerprint density at radius 1 is 1.10 bits per heavy atom. The van der Waals surface area contributed by atoms with Gasteiger partial charge in [0.05, 0.1) is 6.04 Å². The van der Waals surface area contributed by atoms with Gasteiger partial charge in [-0.2, -0.15) is 0 Å². The first kappa shape index (κ1) is 21.6. The molecule has 2 aliphatic carbocycles. The third-order valence-corrected chi connectivity index (χ3v) is 8.06. The second kappa shape index (κ2) is 9.25. The molecule has 7 nitrogen and oxygen atoms in total. The lowest BCUT2D eigenvalue weighted by atomic mass is 9.71. The summed E-state index contributed by atoms with van der Waals surface area (Å²) in [5.41, 5.74) is 5.33. The van der Waals surface area contributed by atoms with Crippen molar-refractivity contribution < 1.29 is 9.59 Å². The molecule has 3 fully saturated rings. The van der Waals surface area contributed by atoms with Crippen molar-refractivity contribution in [2.75, 3.05) is 13.6 Å². The quantitative estimate of drug-likeness (QED) is 0.592. The third-order valence-electron chi connectivity index (χ3n) is 8.06. The molecule has 30 heavy (non-hydrogen) atoms. The van der Waals surface area contributed by atoms with Crippen LogP contribution in [0.2, 0.25) is 0 Å². The molecule has 2 amide bonds. The zero-order chi connectivity index (χ0) is 21.1. The predicted molar refractivity (Wildman–Crippen MR) is 118 cm³/mol. The molecule has 1 unspecified atom stereocenters. The van der Waals surface area contributed by atoms with Crippen molar-refractivity contribution in [2.24, 2.45) is 22.6 Å². The number of aliphatic imine (C=N–C) groups is 1. The topological polar surface area (TPSA) is 99.8 Å². The van der Waals surface area contributed by atoms with Gasteiger partial charge in [-0.1, -0.05) is 51.4 Å². The molecule has 2 saturated carbocycles. The first-order chi connectivity index (χ1) is 14.5. The summed E-state index contributed by atoms with van der Waals surface area (Å²) in [6, 6.07) is -0.371. The number of hydrogen-bond acceptors (Lipinski definition) is 5. The highest BCUT2D eigenvalue weighted by Crippen LogP contribution is 2.41. The number of carbonyl (C=O) groups excluding carboxylic acids is 2. The molecule has 0 radical (unpaired) electrons. The molecule has 2 aliphatic heterocycles. The van der Waals surface area contributed by atoms with Gasteiger partial charge in [0.2, 0.25) is 5.91 Å². The predicted octanol–water partition coefficient (Wildman–Crippen LogP) is 2.30. The first-order valence-corrected chi connectivity index (χ1v) is 12.2. The Kier molecular flexibility index (Phi) is 6.66. The summed E-state index contributed by atoms with van der Waals surface area (Å²) in [5.74, 6) is 1.41. The lowest BCUT2D eigenvalue weighted by Crippen LogP contribution is -2.62. The van der Waals surface area contributed by atoms with E-state index in [-0.39, 0.29) is 23.9 Å². The van der Waals surface area contributed by atoms with Crippen LogP contribution in [0.15, 0.2) is 4.99 Å². The fraction of sp³-hybridized carbons (Fsp3) is 0.870. The summed E-state index contributed by atoms with van der Waals surface area (Å²) in [6.07, 6.45) is 14.7. The maximum Gasteiger partial charge on any atom is 0.258 e. The molecule has 3 atom stereocenters. The third kappa shape index (κ3) is 4.23. The van der Waals surface area contributed by atoms with Crippen molar-refractivity contribution in [3.63, 3.8) is 0 Å². The van der Waals surface area contributed by atoms with Crippen LogP contribution in [0.1, 0.15) is 83.5 Å². The first-order valence-electron chi connectivity index (χ1n) is 12.2. The van der Waals surface area contributed by atoms with E-state index in [1.165, 1.54) is 56.3 Å². The molecule has 4 aliphatic rings. The van der Waals surface area contributed by atoms with Crippen molar-refractivity contribution in [2.45, 2.75) is 101 Å². The normalized spacial score (nSPS) is 32.4. The Morgan fingerprint density at radius 2 is 1.77 bits per heavy atom. The summed E-state index contributed by atoms with van der Waals surface area (Å²) < 4.78 is 0. The van der Waals surface area contributed by atoms with Crippen LogP contribution >= 0.6 is 0 Å². The van der Waals surface area contributed by atoms with Gasteiger partial charge in [0, 0.05) is 19.6 Å². The molecule has 4 rings (SSSR count). The summed E-state index contributed by atoms with van der Waals surface area (Å²) in [7, 11) is 1.74. The number of amides is 2. The van der Waals surface area contributed by atoms with Crippen LogP contribution in [0.3, 0.4) is 0 Å². The lowest BCUT2D eigenvalue weighted by Gasteiger charge is -2.42. The molecule has 0 aromatic heterocycles. The smallest absolute Gasteiger partial charge is 0.258 e. The number of hydrogen-bond donors (Lipinski definition) is 3. The number of nitrogens with zero attached hydrogens (tertiary/aromatic N) is 2. The van der Waals surface area contributed by atoms with Gasteiger partial charge in [0.1, 0.15) is 0 Å². The molecule has 0 aromatic carbocycles. The minimum atomic E-state index is -0.874. The van der Waals surface area contributed by atoms with Gasteiger partial charge in [0.15, 0.2) is 11.5 Å². The number of carbonyl (C=O) groups is 2. The van der Waals surface area contributed by atoms with Gasteiger partial charge in [0.25, 0.3) is 5.91 Å². The fourth-order valence-corrected chi connectivity index (χ4v) is 6.24. The highest BCUT2D eigenvalue weighted by Gasteiger charge is 2.55. The number of rotatable bonds is 7. The minimum absolute atomic E-state index is 0.0114. The second-order valence-electron chi connectivity index (χ2n) is 9.98. The van der Waals surface area contributed by atoms with Gasteiger partial charge < -0.3 is 11.1 Å². The minimum Gasteiger partial charge on any atom is -0.369 e. The SMILES string of the molecule is CN1C(=O)[C@@](CCC2CCCCC2)(C(N[C@@H]2CCNC2=O)C2CCCCC2)N=C1N. The molecule has 2 heterocycles. The van der Waals surface area contributed by atoms with Crippen LogP contribution < -0.4 is 16.4 Å². The van der Waals surface area contributed by atoms with Crippen molar-refractivity contribution in [3.05, 3.63) is 0 Å². The Bertz CT molecular complexity index is 669. The van der Waals surface area contributed by atoms with Crippen molar-refractivity contribution in [3.8, 4) is 0 Å². The molecule has 168 valence electrons. The van der Waals surface area contributed by atoms with E-state index in [9.17, 15) is 9.59 Å². The van der Waals surface area contributed by atoms with E-state index in [0.29, 0.717) is 24.3 Å². The second-order valence-corrected chi connectivity index (χ2v) is 9.98. The van der Waals surface area contributed by atoms with Gasteiger partial charge in [-0.05, 0) is 43.9 Å². The zero-order valence-electron chi connectivity index (χ0n) is 18.5. The summed E-state index contributed by atoms with van der Waals surface area (Å²) in [5, 5.41) is 6.59. The van der Waals surface area contributed by atoms with Gasteiger partial charge in [-0.3, -0.25) is 19.8 Å². The van der Waals surface area contributed by atoms with Gasteiger partial charge >= 0.3 is 0 Å². The highest BCUT2D eigenvalue weighted by atomic mass is 16.2. The Hall–Kier alpha value is -1.63. The van der Waals surface area contributed by atoms with E-state index in [2.05, 4.69) is 10.6 Å². The average molecular weight is 418 g/mol. The maximum atomic E-state index is 13.6. The summed E-state index contributed by atoms with van der Waals surface area (Å²) in [4.78, 5) is 32.5. The standard InChI is InChI=1S/C23H39N5O2/c1-28-21(30)23(27-22(28)24,14-12-16-8-4-2-5-9-16)19(17-10-6-3-7-11-17)26-18-13-15-25-20(18)29/h16-19,26H,2-15H2,1H3,(H2,24,27)(H,25,29)/t18-,19?,23-/m1/s1. The molecule has 1 saturated heterocycles. The van der Waals surface area contributed by atoms with Crippen LogP contribution in [-0.2, 0) is 9.59 Å². The van der Waals surface area contributed by atoms with E-state index in [1.807, 2.05) is 0 Å². The molecular formula is C23H39N5O2. The van der Waals surface area contributed by atoms with Gasteiger partial charge in [-0.15, -0.1) is 0 Å². The number of nitrogens with one attached hydrogen (secondary N) is 2. The average Bonchev–Trinajstić information content (AvgIpc) is 3.28. The molecule has 4 N–H and O–H groups in total. The molecule has 0 aromatic rings. The number of nitrogens with two attached hydrogens (primary N) is 1. The Balaban J connectivity index is 1.63. The maximum absolute atomic E-state index is 13.6. The van der Waals surface area contributed by atoms with E-state index in [4.69, 9.17) is 10.7 Å². The highest BCUT2D eigenvalue weighted by molar-refractivity contribution is 6.07. The van der Waals surface area contributed by atoms with Crippen LogP contribution in [-0.4, -0.2) is 53.9 Å². The fourth-order valence-electron chi connectivity index (χ4n) is 6.24. The van der Waals surface area contributed by atoms with E-state index in [1.54, 1.807) is 7.05 Å². The number of likely N-dealkylation sites (N-methyl/N-ethyl adjacent to an activating group) is 1. The van der Waals surface area contributed by atoms with Crippen LogP contribution in [0, 0.1) is 11.8 Å². The Labute approximate surface area is 180 Å². The van der Waals surface area contributed by atoms with Crippen molar-refractivity contribution in [1.82, 2.24) is 15.5 Å². The van der Waals surface area contributed by atoms with Crippen LogP contribution in [0.5, 0.6) is 0 Å². The van der Waals surface area contributed by atoms with Crippen LogP contribution in [0.4, 0.5) is 0 Å². The molecule has 0 spiro atoms. The van der Waals surface area contributed by atoms with Crippen molar-refractivity contribution in [1.29, 1.82) is 0 Å². The van der Waals surface area contributed by atoms with E-state index < -0.39 is 5.54 Å².